The van der Waals surface area contributed by atoms with Gasteiger partial charge in [0.25, 0.3) is 0 Å². The summed E-state index contributed by atoms with van der Waals surface area (Å²) in [6.45, 7) is 2.67. The van der Waals surface area contributed by atoms with Gasteiger partial charge in [0.15, 0.2) is 0 Å². The number of carbonyl (C=O) groups is 1. The van der Waals surface area contributed by atoms with Crippen LogP contribution in [-0.2, 0) is 6.54 Å². The molecule has 2 heterocycles. The number of likely N-dealkylation sites (tertiary alicyclic amines) is 1. The fourth-order valence-electron chi connectivity index (χ4n) is 2.11. The minimum atomic E-state index is -0.941. The lowest BCUT2D eigenvalue weighted by atomic mass is 10.1. The van der Waals surface area contributed by atoms with Gasteiger partial charge in [-0.1, -0.05) is 0 Å². The van der Waals surface area contributed by atoms with Gasteiger partial charge in [-0.15, -0.1) is 0 Å². The van der Waals surface area contributed by atoms with Crippen LogP contribution in [0.2, 0.25) is 0 Å². The van der Waals surface area contributed by atoms with Crippen LogP contribution in [-0.4, -0.2) is 40.1 Å². The van der Waals surface area contributed by atoms with E-state index in [1.54, 1.807) is 12.1 Å². The highest BCUT2D eigenvalue weighted by atomic mass is 16.4. The van der Waals surface area contributed by atoms with Crippen molar-refractivity contribution in [2.75, 3.05) is 13.1 Å². The third-order valence-electron chi connectivity index (χ3n) is 3.00. The quantitative estimate of drug-likeness (QED) is 0.806. The van der Waals surface area contributed by atoms with E-state index in [2.05, 4.69) is 9.88 Å². The number of nitrogens with two attached hydrogens (primary N) is 1. The number of carboxylic acid groups (broad SMARTS) is 1. The van der Waals surface area contributed by atoms with Crippen molar-refractivity contribution in [3.63, 3.8) is 0 Å². The first kappa shape index (κ1) is 12.0. The topological polar surface area (TPSA) is 79.5 Å². The molecule has 1 unspecified atom stereocenters. The number of piperidine rings is 1. The van der Waals surface area contributed by atoms with Crippen LogP contribution in [0.15, 0.2) is 18.3 Å². The van der Waals surface area contributed by atoms with Crippen molar-refractivity contribution in [2.24, 2.45) is 5.73 Å². The van der Waals surface area contributed by atoms with Crippen molar-refractivity contribution in [1.82, 2.24) is 9.88 Å². The molecule has 0 amide bonds. The fraction of sp³-hybridized carbons (Fsp3) is 0.500. The van der Waals surface area contributed by atoms with E-state index in [0.717, 1.165) is 38.2 Å². The zero-order valence-electron chi connectivity index (χ0n) is 9.67. The summed E-state index contributed by atoms with van der Waals surface area (Å²) in [5, 5.41) is 8.76. The van der Waals surface area contributed by atoms with Gasteiger partial charge in [-0.05, 0) is 31.5 Å². The minimum Gasteiger partial charge on any atom is -0.478 e. The van der Waals surface area contributed by atoms with Crippen molar-refractivity contribution in [1.29, 1.82) is 0 Å². The van der Waals surface area contributed by atoms with E-state index >= 15 is 0 Å². The molecule has 1 aromatic rings. The third kappa shape index (κ3) is 3.25. The van der Waals surface area contributed by atoms with Gasteiger partial charge in [-0.25, -0.2) is 4.79 Å². The van der Waals surface area contributed by atoms with Crippen molar-refractivity contribution in [2.45, 2.75) is 25.4 Å². The predicted octanol–water partition coefficient (Wildman–Crippen LogP) is 0.703. The van der Waals surface area contributed by atoms with Crippen molar-refractivity contribution >= 4 is 5.97 Å². The van der Waals surface area contributed by atoms with E-state index in [9.17, 15) is 4.79 Å². The van der Waals surface area contributed by atoms with Crippen LogP contribution in [0.3, 0.4) is 0 Å². The highest BCUT2D eigenvalue weighted by Crippen LogP contribution is 2.11. The molecule has 0 radical (unpaired) electrons. The molecule has 1 aliphatic heterocycles. The Morgan fingerprint density at radius 2 is 2.41 bits per heavy atom. The molecule has 5 heteroatoms. The van der Waals surface area contributed by atoms with E-state index in [1.165, 1.54) is 6.20 Å². The number of pyridine rings is 1. The summed E-state index contributed by atoms with van der Waals surface area (Å²) in [6.07, 6.45) is 3.61. The zero-order chi connectivity index (χ0) is 12.3. The van der Waals surface area contributed by atoms with Crippen LogP contribution in [0.1, 0.15) is 28.9 Å². The van der Waals surface area contributed by atoms with Gasteiger partial charge in [-0.3, -0.25) is 9.88 Å². The van der Waals surface area contributed by atoms with Gasteiger partial charge in [-0.2, -0.15) is 0 Å². The summed E-state index contributed by atoms with van der Waals surface area (Å²) in [5.74, 6) is -0.941. The fourth-order valence-corrected chi connectivity index (χ4v) is 2.11. The van der Waals surface area contributed by atoms with Crippen molar-refractivity contribution < 1.29 is 9.90 Å². The van der Waals surface area contributed by atoms with Gasteiger partial charge < -0.3 is 10.8 Å². The van der Waals surface area contributed by atoms with Gasteiger partial charge in [0.1, 0.15) is 0 Å². The molecule has 1 fully saturated rings. The van der Waals surface area contributed by atoms with Crippen molar-refractivity contribution in [3.8, 4) is 0 Å². The first-order valence-corrected chi connectivity index (χ1v) is 5.81. The van der Waals surface area contributed by atoms with Crippen molar-refractivity contribution in [3.05, 3.63) is 29.6 Å². The number of aromatic nitrogens is 1. The average molecular weight is 235 g/mol. The molecular weight excluding hydrogens is 218 g/mol. The Balaban J connectivity index is 1.96. The lowest BCUT2D eigenvalue weighted by Crippen LogP contribution is -2.42. The molecule has 2 rings (SSSR count). The summed E-state index contributed by atoms with van der Waals surface area (Å²) < 4.78 is 0. The van der Waals surface area contributed by atoms with Gasteiger partial charge in [0, 0.05) is 25.3 Å². The number of hydrogen-bond acceptors (Lipinski definition) is 4. The standard InChI is InChI=1S/C12H17N3O2/c13-10-2-1-5-15(7-10)8-11-4-3-9(6-14-11)12(16)17/h3-4,6,10H,1-2,5,7-8,13H2,(H,16,17). The maximum absolute atomic E-state index is 10.7. The predicted molar refractivity (Wildman–Crippen MR) is 63.7 cm³/mol. The van der Waals surface area contributed by atoms with Crippen LogP contribution < -0.4 is 5.73 Å². The Kier molecular flexibility index (Phi) is 3.71. The first-order valence-electron chi connectivity index (χ1n) is 5.81. The molecule has 0 spiro atoms. The lowest BCUT2D eigenvalue weighted by molar-refractivity contribution is 0.0696. The van der Waals surface area contributed by atoms with E-state index in [0.29, 0.717) is 0 Å². The molecule has 0 bridgehead atoms. The summed E-state index contributed by atoms with van der Waals surface area (Å²) in [4.78, 5) is 17.1. The number of hydrogen-bond donors (Lipinski definition) is 2. The SMILES string of the molecule is NC1CCCN(Cc2ccc(C(=O)O)cn2)C1. The van der Waals surface area contributed by atoms with E-state index < -0.39 is 5.97 Å². The van der Waals surface area contributed by atoms with Gasteiger partial charge in [0.2, 0.25) is 0 Å². The smallest absolute Gasteiger partial charge is 0.337 e. The Hall–Kier alpha value is -1.46. The Morgan fingerprint density at radius 3 is 3.00 bits per heavy atom. The molecule has 17 heavy (non-hydrogen) atoms. The van der Waals surface area contributed by atoms with Crippen LogP contribution >= 0.6 is 0 Å². The Labute approximate surface area is 100 Å². The van der Waals surface area contributed by atoms with Crippen LogP contribution in [0.5, 0.6) is 0 Å². The van der Waals surface area contributed by atoms with Gasteiger partial charge in [0.05, 0.1) is 11.3 Å². The Bertz CT molecular complexity index is 391. The average Bonchev–Trinajstić information content (AvgIpc) is 2.29. The number of rotatable bonds is 3. The van der Waals surface area contributed by atoms with Gasteiger partial charge >= 0.3 is 5.97 Å². The molecule has 0 saturated carbocycles. The molecule has 0 aromatic carbocycles. The second-order valence-electron chi connectivity index (χ2n) is 4.48. The number of nitrogens with zero attached hydrogens (tertiary/aromatic N) is 2. The summed E-state index contributed by atoms with van der Waals surface area (Å²) in [7, 11) is 0. The molecular formula is C12H17N3O2. The monoisotopic (exact) mass is 235 g/mol. The summed E-state index contributed by atoms with van der Waals surface area (Å²) in [6, 6.07) is 3.61. The lowest BCUT2D eigenvalue weighted by Gasteiger charge is -2.30. The minimum absolute atomic E-state index is 0.226. The first-order chi connectivity index (χ1) is 8.15. The Morgan fingerprint density at radius 1 is 1.59 bits per heavy atom. The van der Waals surface area contributed by atoms with E-state index in [4.69, 9.17) is 10.8 Å². The van der Waals surface area contributed by atoms with E-state index in [1.807, 2.05) is 0 Å². The molecule has 1 saturated heterocycles. The summed E-state index contributed by atoms with van der Waals surface area (Å²) >= 11 is 0. The van der Waals surface area contributed by atoms with Crippen LogP contribution in [0, 0.1) is 0 Å². The maximum Gasteiger partial charge on any atom is 0.337 e. The van der Waals surface area contributed by atoms with E-state index in [-0.39, 0.29) is 11.6 Å². The van der Waals surface area contributed by atoms with Crippen LogP contribution in [0.25, 0.3) is 0 Å². The highest BCUT2D eigenvalue weighted by molar-refractivity contribution is 5.87. The highest BCUT2D eigenvalue weighted by Gasteiger charge is 2.17. The molecule has 92 valence electrons. The zero-order valence-corrected chi connectivity index (χ0v) is 9.67. The molecule has 5 nitrogen and oxygen atoms in total. The number of aromatic carboxylic acids is 1. The number of carboxylic acids is 1. The molecule has 0 aliphatic carbocycles. The second-order valence-corrected chi connectivity index (χ2v) is 4.48. The summed E-state index contributed by atoms with van der Waals surface area (Å²) in [5.41, 5.74) is 7.02. The maximum atomic E-state index is 10.7. The second kappa shape index (κ2) is 5.25. The molecule has 1 atom stereocenters. The third-order valence-corrected chi connectivity index (χ3v) is 3.00. The molecule has 1 aliphatic rings. The molecule has 1 aromatic heterocycles. The van der Waals surface area contributed by atoms with Crippen LogP contribution in [0.4, 0.5) is 0 Å². The molecule has 3 N–H and O–H groups in total. The largest absolute Gasteiger partial charge is 0.478 e. The normalized spacial score (nSPS) is 21.4.